The number of aromatic nitrogens is 1. The minimum absolute atomic E-state index is 0.163. The highest BCUT2D eigenvalue weighted by atomic mass is 79.9. The van der Waals surface area contributed by atoms with Crippen LogP contribution in [0.4, 0.5) is 0 Å². The van der Waals surface area contributed by atoms with Gasteiger partial charge < -0.3 is 5.32 Å². The molecule has 2 heterocycles. The lowest BCUT2D eigenvalue weighted by Crippen LogP contribution is -2.64. The summed E-state index contributed by atoms with van der Waals surface area (Å²) in [4.78, 5) is 7.07. The lowest BCUT2D eigenvalue weighted by atomic mass is 9.83. The second kappa shape index (κ2) is 5.74. The molecule has 0 amide bonds. The van der Waals surface area contributed by atoms with Gasteiger partial charge >= 0.3 is 0 Å². The van der Waals surface area contributed by atoms with Crippen molar-refractivity contribution < 1.29 is 0 Å². The fraction of sp³-hybridized carbons (Fsp3) is 0.688. The highest BCUT2D eigenvalue weighted by Gasteiger charge is 2.38. The summed E-state index contributed by atoms with van der Waals surface area (Å²) >= 11 is 3.44. The standard InChI is InChI=1S/C16H26BrN3/c1-15(2,3)14-10-20(16(4,5)11-19-14)9-13-7-6-12(17)8-18-13/h6-8,14,19H,9-11H2,1-5H3. The van der Waals surface area contributed by atoms with Gasteiger partial charge in [-0.15, -0.1) is 0 Å². The van der Waals surface area contributed by atoms with E-state index in [0.717, 1.165) is 29.8 Å². The van der Waals surface area contributed by atoms with E-state index in [1.807, 2.05) is 6.20 Å². The zero-order valence-electron chi connectivity index (χ0n) is 13.2. The van der Waals surface area contributed by atoms with Gasteiger partial charge in [-0.3, -0.25) is 9.88 Å². The van der Waals surface area contributed by atoms with E-state index in [-0.39, 0.29) is 11.0 Å². The van der Waals surface area contributed by atoms with Crippen molar-refractivity contribution in [1.29, 1.82) is 0 Å². The lowest BCUT2D eigenvalue weighted by molar-refractivity contribution is 0.0286. The first-order valence-electron chi connectivity index (χ1n) is 7.27. The van der Waals surface area contributed by atoms with E-state index >= 15 is 0 Å². The van der Waals surface area contributed by atoms with Crippen LogP contribution >= 0.6 is 15.9 Å². The average Bonchev–Trinajstić information content (AvgIpc) is 2.33. The Labute approximate surface area is 131 Å². The Balaban J connectivity index is 2.12. The number of halogens is 1. The third kappa shape index (κ3) is 3.80. The van der Waals surface area contributed by atoms with Crippen molar-refractivity contribution in [3.05, 3.63) is 28.5 Å². The van der Waals surface area contributed by atoms with Crippen molar-refractivity contribution in [2.75, 3.05) is 13.1 Å². The summed E-state index contributed by atoms with van der Waals surface area (Å²) < 4.78 is 1.04. The highest BCUT2D eigenvalue weighted by Crippen LogP contribution is 2.28. The van der Waals surface area contributed by atoms with E-state index in [9.17, 15) is 0 Å². The maximum absolute atomic E-state index is 4.52. The molecule has 0 saturated carbocycles. The molecule has 1 N–H and O–H groups in total. The Morgan fingerprint density at radius 2 is 2.10 bits per heavy atom. The topological polar surface area (TPSA) is 28.2 Å². The van der Waals surface area contributed by atoms with Gasteiger partial charge in [0.2, 0.25) is 0 Å². The molecular weight excluding hydrogens is 314 g/mol. The zero-order chi connectivity index (χ0) is 15.0. The molecule has 20 heavy (non-hydrogen) atoms. The molecule has 1 unspecified atom stereocenters. The van der Waals surface area contributed by atoms with Gasteiger partial charge in [-0.2, -0.15) is 0 Å². The molecule has 3 nitrogen and oxygen atoms in total. The summed E-state index contributed by atoms with van der Waals surface area (Å²) in [6.07, 6.45) is 1.88. The summed E-state index contributed by atoms with van der Waals surface area (Å²) in [6, 6.07) is 4.69. The van der Waals surface area contributed by atoms with Crippen molar-refractivity contribution in [2.24, 2.45) is 5.41 Å². The molecule has 0 bridgehead atoms. The van der Waals surface area contributed by atoms with Crippen LogP contribution in [0.5, 0.6) is 0 Å². The molecule has 1 aromatic rings. The Hall–Kier alpha value is -0.450. The molecule has 0 spiro atoms. The normalized spacial score (nSPS) is 23.8. The predicted molar refractivity (Wildman–Crippen MR) is 87.7 cm³/mol. The summed E-state index contributed by atoms with van der Waals surface area (Å²) in [5, 5.41) is 3.70. The number of nitrogens with zero attached hydrogens (tertiary/aromatic N) is 2. The molecule has 1 aliphatic rings. The fourth-order valence-corrected chi connectivity index (χ4v) is 2.81. The van der Waals surface area contributed by atoms with Crippen LogP contribution in [0.3, 0.4) is 0 Å². The van der Waals surface area contributed by atoms with Crippen LogP contribution in [0, 0.1) is 5.41 Å². The Bertz CT molecular complexity index is 448. The van der Waals surface area contributed by atoms with Gasteiger partial charge in [0.1, 0.15) is 0 Å². The zero-order valence-corrected chi connectivity index (χ0v) is 14.8. The molecule has 1 saturated heterocycles. The summed E-state index contributed by atoms with van der Waals surface area (Å²) in [6.45, 7) is 14.5. The molecule has 2 rings (SSSR count). The van der Waals surface area contributed by atoms with Gasteiger partial charge in [0.25, 0.3) is 0 Å². The highest BCUT2D eigenvalue weighted by molar-refractivity contribution is 9.10. The van der Waals surface area contributed by atoms with E-state index in [4.69, 9.17) is 0 Å². The monoisotopic (exact) mass is 339 g/mol. The van der Waals surface area contributed by atoms with Crippen molar-refractivity contribution in [3.63, 3.8) is 0 Å². The van der Waals surface area contributed by atoms with Crippen LogP contribution in [-0.4, -0.2) is 34.6 Å². The van der Waals surface area contributed by atoms with Gasteiger partial charge in [-0.05, 0) is 47.3 Å². The van der Waals surface area contributed by atoms with Crippen LogP contribution in [0.25, 0.3) is 0 Å². The summed E-state index contributed by atoms with van der Waals surface area (Å²) in [7, 11) is 0. The quantitative estimate of drug-likeness (QED) is 0.894. The fourth-order valence-electron chi connectivity index (χ4n) is 2.57. The maximum Gasteiger partial charge on any atom is 0.0545 e. The molecule has 1 fully saturated rings. The molecule has 0 radical (unpaired) electrons. The number of pyridine rings is 1. The first-order chi connectivity index (χ1) is 9.18. The van der Waals surface area contributed by atoms with E-state index < -0.39 is 0 Å². The Kier molecular flexibility index (Phi) is 4.57. The van der Waals surface area contributed by atoms with Crippen molar-refractivity contribution >= 4 is 15.9 Å². The molecule has 0 aromatic carbocycles. The summed E-state index contributed by atoms with van der Waals surface area (Å²) in [5.41, 5.74) is 1.58. The number of piperazine rings is 1. The minimum atomic E-state index is 0.163. The van der Waals surface area contributed by atoms with Gasteiger partial charge in [-0.1, -0.05) is 20.8 Å². The minimum Gasteiger partial charge on any atom is -0.310 e. The van der Waals surface area contributed by atoms with Gasteiger partial charge in [-0.25, -0.2) is 0 Å². The molecule has 1 aliphatic heterocycles. The van der Waals surface area contributed by atoms with E-state index in [1.54, 1.807) is 0 Å². The third-order valence-electron chi connectivity index (χ3n) is 4.23. The molecule has 4 heteroatoms. The third-order valence-corrected chi connectivity index (χ3v) is 4.70. The maximum atomic E-state index is 4.52. The number of rotatable bonds is 2. The van der Waals surface area contributed by atoms with Crippen molar-refractivity contribution in [3.8, 4) is 0 Å². The number of nitrogens with one attached hydrogen (secondary N) is 1. The molecule has 112 valence electrons. The smallest absolute Gasteiger partial charge is 0.0545 e. The second-order valence-electron chi connectivity index (χ2n) is 7.46. The molecule has 0 aliphatic carbocycles. The van der Waals surface area contributed by atoms with Gasteiger partial charge in [0, 0.05) is 41.9 Å². The molecular formula is C16H26BrN3. The van der Waals surface area contributed by atoms with Crippen LogP contribution < -0.4 is 5.32 Å². The number of hydrogen-bond donors (Lipinski definition) is 1. The largest absolute Gasteiger partial charge is 0.310 e. The Morgan fingerprint density at radius 3 is 2.65 bits per heavy atom. The molecule has 1 aromatic heterocycles. The van der Waals surface area contributed by atoms with E-state index in [2.05, 4.69) is 77.9 Å². The first kappa shape index (κ1) is 15.9. The van der Waals surface area contributed by atoms with Crippen LogP contribution in [0.1, 0.15) is 40.3 Å². The summed E-state index contributed by atoms with van der Waals surface area (Å²) in [5.74, 6) is 0. The predicted octanol–water partition coefficient (Wildman–Crippen LogP) is 3.44. The van der Waals surface area contributed by atoms with E-state index in [0.29, 0.717) is 6.04 Å². The number of hydrogen-bond acceptors (Lipinski definition) is 3. The first-order valence-corrected chi connectivity index (χ1v) is 8.07. The van der Waals surface area contributed by atoms with Crippen molar-refractivity contribution in [1.82, 2.24) is 15.2 Å². The van der Waals surface area contributed by atoms with Crippen LogP contribution in [-0.2, 0) is 6.54 Å². The average molecular weight is 340 g/mol. The van der Waals surface area contributed by atoms with Crippen LogP contribution in [0.2, 0.25) is 0 Å². The second-order valence-corrected chi connectivity index (χ2v) is 8.38. The van der Waals surface area contributed by atoms with Gasteiger partial charge in [0.05, 0.1) is 5.69 Å². The molecule has 1 atom stereocenters. The van der Waals surface area contributed by atoms with E-state index in [1.165, 1.54) is 0 Å². The Morgan fingerprint density at radius 1 is 1.40 bits per heavy atom. The van der Waals surface area contributed by atoms with Crippen LogP contribution in [0.15, 0.2) is 22.8 Å². The van der Waals surface area contributed by atoms with Gasteiger partial charge in [0.15, 0.2) is 0 Å². The lowest BCUT2D eigenvalue weighted by Gasteiger charge is -2.49. The SMILES string of the molecule is CC(C)(C)C1CN(Cc2ccc(Br)cn2)C(C)(C)CN1. The van der Waals surface area contributed by atoms with Crippen molar-refractivity contribution in [2.45, 2.75) is 52.7 Å².